The van der Waals surface area contributed by atoms with Crippen LogP contribution >= 0.6 is 0 Å². The summed E-state index contributed by atoms with van der Waals surface area (Å²) in [5.41, 5.74) is 1.94. The fraction of sp³-hybridized carbons (Fsp3) is 0.571. The highest BCUT2D eigenvalue weighted by Crippen LogP contribution is 2.24. The molecule has 1 fully saturated rings. The molecule has 2 N–H and O–H groups in total. The molecule has 0 aliphatic carbocycles. The standard InChI is InChI=1S/C14H21N5O2/c1-10-9-11-12(15-3-6-20-2)17-14(18-13(11)16-10)19-4-7-21-8-5-19/h9H,3-8H2,1-2H3,(H2,15,16,17,18). The number of nitrogens with zero attached hydrogens (tertiary/aromatic N) is 3. The minimum atomic E-state index is 0.641. The maximum Gasteiger partial charge on any atom is 0.229 e. The van der Waals surface area contributed by atoms with Crippen LogP contribution in [0.3, 0.4) is 0 Å². The second-order valence-corrected chi connectivity index (χ2v) is 5.11. The lowest BCUT2D eigenvalue weighted by molar-refractivity contribution is 0.122. The van der Waals surface area contributed by atoms with Gasteiger partial charge in [0, 0.05) is 32.4 Å². The number of nitrogens with one attached hydrogen (secondary N) is 2. The number of ether oxygens (including phenoxy) is 2. The Morgan fingerprint density at radius 1 is 1.38 bits per heavy atom. The van der Waals surface area contributed by atoms with E-state index in [1.807, 2.05) is 6.92 Å². The monoisotopic (exact) mass is 291 g/mol. The van der Waals surface area contributed by atoms with Gasteiger partial charge in [-0.05, 0) is 13.0 Å². The van der Waals surface area contributed by atoms with Crippen molar-refractivity contribution in [2.75, 3.05) is 56.8 Å². The Kier molecular flexibility index (Phi) is 4.21. The molecule has 7 nitrogen and oxygen atoms in total. The summed E-state index contributed by atoms with van der Waals surface area (Å²) in [4.78, 5) is 14.8. The van der Waals surface area contributed by atoms with Crippen LogP contribution in [0.15, 0.2) is 6.07 Å². The maximum absolute atomic E-state index is 5.39. The predicted octanol–water partition coefficient (Wildman–Crippen LogP) is 1.16. The van der Waals surface area contributed by atoms with Crippen molar-refractivity contribution in [1.82, 2.24) is 15.0 Å². The van der Waals surface area contributed by atoms with Crippen LogP contribution in [0.1, 0.15) is 5.69 Å². The maximum atomic E-state index is 5.39. The molecule has 0 spiro atoms. The summed E-state index contributed by atoms with van der Waals surface area (Å²) < 4.78 is 10.5. The first-order valence-corrected chi connectivity index (χ1v) is 7.21. The zero-order valence-electron chi connectivity index (χ0n) is 12.5. The van der Waals surface area contributed by atoms with Gasteiger partial charge in [0.2, 0.25) is 5.95 Å². The third-order valence-electron chi connectivity index (χ3n) is 3.50. The first-order valence-electron chi connectivity index (χ1n) is 7.21. The van der Waals surface area contributed by atoms with Crippen molar-refractivity contribution >= 4 is 22.8 Å². The van der Waals surface area contributed by atoms with Gasteiger partial charge in [0.15, 0.2) is 0 Å². The number of aromatic nitrogens is 3. The quantitative estimate of drug-likeness (QED) is 0.805. The fourth-order valence-corrected chi connectivity index (χ4v) is 2.44. The van der Waals surface area contributed by atoms with Gasteiger partial charge >= 0.3 is 0 Å². The molecule has 3 heterocycles. The lowest BCUT2D eigenvalue weighted by Gasteiger charge is -2.27. The Hall–Kier alpha value is -1.86. The molecule has 0 saturated carbocycles. The van der Waals surface area contributed by atoms with E-state index < -0.39 is 0 Å². The average molecular weight is 291 g/mol. The summed E-state index contributed by atoms with van der Waals surface area (Å²) in [6, 6.07) is 2.06. The molecule has 7 heteroatoms. The van der Waals surface area contributed by atoms with E-state index in [2.05, 4.69) is 31.2 Å². The van der Waals surface area contributed by atoms with E-state index in [1.54, 1.807) is 7.11 Å². The highest BCUT2D eigenvalue weighted by Gasteiger charge is 2.17. The van der Waals surface area contributed by atoms with Crippen LogP contribution in [0.4, 0.5) is 11.8 Å². The van der Waals surface area contributed by atoms with E-state index in [4.69, 9.17) is 9.47 Å². The number of anilines is 2. The molecule has 2 aromatic heterocycles. The second kappa shape index (κ2) is 6.28. The molecule has 3 rings (SSSR count). The van der Waals surface area contributed by atoms with Crippen molar-refractivity contribution < 1.29 is 9.47 Å². The number of morpholine rings is 1. The number of aromatic amines is 1. The molecular formula is C14H21N5O2. The van der Waals surface area contributed by atoms with Crippen molar-refractivity contribution in [3.8, 4) is 0 Å². The average Bonchev–Trinajstić information content (AvgIpc) is 2.88. The zero-order valence-corrected chi connectivity index (χ0v) is 12.5. The van der Waals surface area contributed by atoms with E-state index in [0.717, 1.165) is 61.3 Å². The molecule has 114 valence electrons. The summed E-state index contributed by atoms with van der Waals surface area (Å²) in [7, 11) is 1.69. The first kappa shape index (κ1) is 14.1. The Morgan fingerprint density at radius 2 is 2.19 bits per heavy atom. The molecule has 21 heavy (non-hydrogen) atoms. The van der Waals surface area contributed by atoms with Gasteiger partial charge in [-0.15, -0.1) is 0 Å². The molecule has 0 atom stereocenters. The summed E-state index contributed by atoms with van der Waals surface area (Å²) in [6.45, 7) is 6.47. The van der Waals surface area contributed by atoms with Crippen LogP contribution in [0.2, 0.25) is 0 Å². The summed E-state index contributed by atoms with van der Waals surface area (Å²) in [6.07, 6.45) is 0. The van der Waals surface area contributed by atoms with Crippen LogP contribution in [0, 0.1) is 6.92 Å². The molecule has 0 amide bonds. The van der Waals surface area contributed by atoms with E-state index in [9.17, 15) is 0 Å². The van der Waals surface area contributed by atoms with Crippen molar-refractivity contribution in [2.24, 2.45) is 0 Å². The number of aryl methyl sites for hydroxylation is 1. The smallest absolute Gasteiger partial charge is 0.229 e. The number of H-pyrrole nitrogens is 1. The van der Waals surface area contributed by atoms with Crippen molar-refractivity contribution in [2.45, 2.75) is 6.92 Å². The highest BCUT2D eigenvalue weighted by atomic mass is 16.5. The first-order chi connectivity index (χ1) is 10.3. The van der Waals surface area contributed by atoms with Gasteiger partial charge in [-0.1, -0.05) is 0 Å². The molecule has 2 aromatic rings. The SMILES string of the molecule is COCCNc1nc(N2CCOCC2)nc2[nH]c(C)cc12. The van der Waals surface area contributed by atoms with Gasteiger partial charge in [0.25, 0.3) is 0 Å². The largest absolute Gasteiger partial charge is 0.383 e. The minimum absolute atomic E-state index is 0.641. The third-order valence-corrected chi connectivity index (χ3v) is 3.50. The molecular weight excluding hydrogens is 270 g/mol. The number of rotatable bonds is 5. The van der Waals surface area contributed by atoms with Crippen LogP contribution in [0.5, 0.6) is 0 Å². The molecule has 0 radical (unpaired) electrons. The van der Waals surface area contributed by atoms with Gasteiger partial charge < -0.3 is 24.7 Å². The van der Waals surface area contributed by atoms with Gasteiger partial charge in [-0.25, -0.2) is 0 Å². The summed E-state index contributed by atoms with van der Waals surface area (Å²) in [5.74, 6) is 1.59. The summed E-state index contributed by atoms with van der Waals surface area (Å²) in [5, 5.41) is 4.34. The minimum Gasteiger partial charge on any atom is -0.383 e. The number of hydrogen-bond donors (Lipinski definition) is 2. The highest BCUT2D eigenvalue weighted by molar-refractivity contribution is 5.89. The molecule has 1 saturated heterocycles. The number of methoxy groups -OCH3 is 1. The van der Waals surface area contributed by atoms with Gasteiger partial charge in [0.05, 0.1) is 25.2 Å². The molecule has 1 aliphatic heterocycles. The van der Waals surface area contributed by atoms with Gasteiger partial charge in [-0.3, -0.25) is 0 Å². The molecule has 1 aliphatic rings. The van der Waals surface area contributed by atoms with Crippen LogP contribution < -0.4 is 10.2 Å². The molecule has 0 aromatic carbocycles. The topological polar surface area (TPSA) is 75.3 Å². The van der Waals surface area contributed by atoms with Crippen LogP contribution in [-0.4, -0.2) is 61.5 Å². The van der Waals surface area contributed by atoms with E-state index >= 15 is 0 Å². The molecule has 0 unspecified atom stereocenters. The Bertz CT molecular complexity index is 607. The van der Waals surface area contributed by atoms with Crippen molar-refractivity contribution in [3.63, 3.8) is 0 Å². The fourth-order valence-electron chi connectivity index (χ4n) is 2.44. The normalized spacial score (nSPS) is 15.6. The predicted molar refractivity (Wildman–Crippen MR) is 82.0 cm³/mol. The second-order valence-electron chi connectivity index (χ2n) is 5.11. The van der Waals surface area contributed by atoms with E-state index in [1.165, 1.54) is 0 Å². The van der Waals surface area contributed by atoms with Crippen molar-refractivity contribution in [3.05, 3.63) is 11.8 Å². The Labute approximate surface area is 123 Å². The molecule has 0 bridgehead atoms. The third kappa shape index (κ3) is 3.08. The van der Waals surface area contributed by atoms with Crippen molar-refractivity contribution in [1.29, 1.82) is 0 Å². The lowest BCUT2D eigenvalue weighted by atomic mass is 10.3. The van der Waals surface area contributed by atoms with Crippen LogP contribution in [0.25, 0.3) is 11.0 Å². The zero-order chi connectivity index (χ0) is 14.7. The van der Waals surface area contributed by atoms with E-state index in [0.29, 0.717) is 6.61 Å². The van der Waals surface area contributed by atoms with E-state index in [-0.39, 0.29) is 0 Å². The Morgan fingerprint density at radius 3 is 2.95 bits per heavy atom. The number of hydrogen-bond acceptors (Lipinski definition) is 6. The van der Waals surface area contributed by atoms with Gasteiger partial charge in [-0.2, -0.15) is 9.97 Å². The number of fused-ring (bicyclic) bond motifs is 1. The van der Waals surface area contributed by atoms with Gasteiger partial charge in [0.1, 0.15) is 11.5 Å². The van der Waals surface area contributed by atoms with Crippen LogP contribution in [-0.2, 0) is 9.47 Å². The lowest BCUT2D eigenvalue weighted by Crippen LogP contribution is -2.37. The summed E-state index contributed by atoms with van der Waals surface area (Å²) >= 11 is 0. The Balaban J connectivity index is 1.93.